The molecule has 0 atom stereocenters. The summed E-state index contributed by atoms with van der Waals surface area (Å²) in [5.74, 6) is 0.807. The van der Waals surface area contributed by atoms with Gasteiger partial charge in [0.25, 0.3) is 10.0 Å². The molecule has 1 aliphatic heterocycles. The van der Waals surface area contributed by atoms with Gasteiger partial charge in [-0.3, -0.25) is 4.72 Å². The molecule has 5 rings (SSSR count). The molecule has 0 spiro atoms. The van der Waals surface area contributed by atoms with Gasteiger partial charge in [0.05, 0.1) is 10.9 Å². The lowest BCUT2D eigenvalue weighted by Crippen LogP contribution is -2.42. The van der Waals surface area contributed by atoms with Crippen LogP contribution in [0, 0.1) is 20.8 Å². The number of hydrogen-bond acceptors (Lipinski definition) is 4. The smallest absolute Gasteiger partial charge is 0.264 e. The Morgan fingerprint density at radius 2 is 1.47 bits per heavy atom. The first-order chi connectivity index (χ1) is 17.0. The number of ether oxygens (including phenoxy) is 1. The Labute approximate surface area is 219 Å². The van der Waals surface area contributed by atoms with Crippen LogP contribution in [0.1, 0.15) is 64.4 Å². The first-order valence-corrected chi connectivity index (χ1v) is 14.2. The topological polar surface area (TPSA) is 67.4 Å². The second kappa shape index (κ2) is 8.89. The molecular weight excluding hydrogens is 488 g/mol. The van der Waals surface area contributed by atoms with Crippen LogP contribution in [-0.2, 0) is 29.3 Å². The molecule has 1 heterocycles. The third-order valence-corrected chi connectivity index (χ3v) is 9.43. The number of hydrogen-bond donors (Lipinski definition) is 2. The van der Waals surface area contributed by atoms with Gasteiger partial charge in [0.2, 0.25) is 0 Å². The molecule has 0 radical (unpaired) electrons. The normalized spacial score (nSPS) is 16.2. The minimum atomic E-state index is -3.93. The first kappa shape index (κ1) is 24.8. The van der Waals surface area contributed by atoms with Gasteiger partial charge in [0.15, 0.2) is 5.11 Å². The van der Waals surface area contributed by atoms with Gasteiger partial charge in [-0.05, 0) is 98.6 Å². The average molecular weight is 521 g/mol. The van der Waals surface area contributed by atoms with E-state index in [2.05, 4.69) is 34.3 Å². The predicted molar refractivity (Wildman–Crippen MR) is 147 cm³/mol. The fourth-order valence-electron chi connectivity index (χ4n) is 5.66. The Kier molecular flexibility index (Phi) is 6.12. The Bertz CT molecular complexity index is 1450. The van der Waals surface area contributed by atoms with Gasteiger partial charge in [0.1, 0.15) is 11.4 Å². The largest absolute Gasteiger partial charge is 0.487 e. The molecule has 188 valence electrons. The first-order valence-electron chi connectivity index (χ1n) is 12.3. The molecule has 0 saturated carbocycles. The van der Waals surface area contributed by atoms with E-state index >= 15 is 0 Å². The third kappa shape index (κ3) is 4.28. The van der Waals surface area contributed by atoms with Crippen LogP contribution in [0.15, 0.2) is 53.4 Å². The van der Waals surface area contributed by atoms with Gasteiger partial charge in [0, 0.05) is 12.0 Å². The van der Waals surface area contributed by atoms with E-state index in [4.69, 9.17) is 17.0 Å². The third-order valence-electron chi connectivity index (χ3n) is 7.46. The summed E-state index contributed by atoms with van der Waals surface area (Å²) >= 11 is 5.61. The number of aryl methyl sites for hydroxylation is 2. The van der Waals surface area contributed by atoms with Crippen LogP contribution in [0.2, 0.25) is 0 Å². The van der Waals surface area contributed by atoms with E-state index in [-0.39, 0.29) is 21.7 Å². The minimum Gasteiger partial charge on any atom is -0.487 e. The highest BCUT2D eigenvalue weighted by molar-refractivity contribution is 7.92. The molecule has 0 amide bonds. The van der Waals surface area contributed by atoms with Crippen LogP contribution in [0.4, 0.5) is 0 Å². The highest BCUT2D eigenvalue weighted by Crippen LogP contribution is 2.43. The molecule has 2 aliphatic rings. The van der Waals surface area contributed by atoms with Crippen molar-refractivity contribution in [3.05, 3.63) is 93.0 Å². The molecule has 0 aromatic heterocycles. The van der Waals surface area contributed by atoms with Crippen LogP contribution < -0.4 is 14.8 Å². The lowest BCUT2D eigenvalue weighted by atomic mass is 9.94. The molecule has 0 fully saturated rings. The van der Waals surface area contributed by atoms with Crippen molar-refractivity contribution in [3.8, 4) is 5.75 Å². The summed E-state index contributed by atoms with van der Waals surface area (Å²) < 4.78 is 36.3. The number of thiocarbonyl (C=S) groups is 1. The van der Waals surface area contributed by atoms with Crippen LogP contribution in [0.3, 0.4) is 0 Å². The van der Waals surface area contributed by atoms with Gasteiger partial charge < -0.3 is 10.1 Å². The van der Waals surface area contributed by atoms with Crippen LogP contribution in [-0.4, -0.2) is 19.1 Å². The van der Waals surface area contributed by atoms with E-state index in [1.807, 2.05) is 58.9 Å². The molecule has 5 nitrogen and oxygen atoms in total. The lowest BCUT2D eigenvalue weighted by molar-refractivity contribution is 0.137. The maximum absolute atomic E-state index is 13.7. The average Bonchev–Trinajstić information content (AvgIpc) is 3.07. The molecule has 1 aliphatic carbocycles. The van der Waals surface area contributed by atoms with Gasteiger partial charge in [-0.2, -0.15) is 0 Å². The second-order valence-electron chi connectivity index (χ2n) is 10.5. The zero-order valence-electron chi connectivity index (χ0n) is 21.4. The molecule has 0 unspecified atom stereocenters. The summed E-state index contributed by atoms with van der Waals surface area (Å²) in [6, 6.07) is 16.3. The molecule has 3 aromatic rings. The number of benzene rings is 3. The summed E-state index contributed by atoms with van der Waals surface area (Å²) in [5, 5.41) is 3.42. The number of sulfonamides is 1. The molecule has 0 saturated heterocycles. The maximum atomic E-state index is 13.7. The lowest BCUT2D eigenvalue weighted by Gasteiger charge is -2.24. The fourth-order valence-corrected chi connectivity index (χ4v) is 7.60. The van der Waals surface area contributed by atoms with E-state index in [9.17, 15) is 8.42 Å². The highest BCUT2D eigenvalue weighted by Gasteiger charge is 2.37. The van der Waals surface area contributed by atoms with Crippen molar-refractivity contribution in [2.75, 3.05) is 0 Å². The number of fused-ring (bicyclic) bond motifs is 3. The quantitative estimate of drug-likeness (QED) is 0.455. The van der Waals surface area contributed by atoms with E-state index < -0.39 is 10.0 Å². The van der Waals surface area contributed by atoms with Crippen molar-refractivity contribution in [1.29, 1.82) is 0 Å². The summed E-state index contributed by atoms with van der Waals surface area (Å²) in [6.45, 7) is 9.66. The highest BCUT2D eigenvalue weighted by atomic mass is 32.2. The zero-order valence-corrected chi connectivity index (χ0v) is 23.0. The Hall–Kier alpha value is -2.90. The molecule has 36 heavy (non-hydrogen) atoms. The predicted octanol–water partition coefficient (Wildman–Crippen LogP) is 5.37. The van der Waals surface area contributed by atoms with Gasteiger partial charge >= 0.3 is 0 Å². The van der Waals surface area contributed by atoms with Crippen molar-refractivity contribution in [1.82, 2.24) is 10.0 Å². The monoisotopic (exact) mass is 520 g/mol. The van der Waals surface area contributed by atoms with E-state index in [1.54, 1.807) is 0 Å². The van der Waals surface area contributed by atoms with Crippen molar-refractivity contribution < 1.29 is 13.2 Å². The summed E-state index contributed by atoms with van der Waals surface area (Å²) in [4.78, 5) is 0.283. The van der Waals surface area contributed by atoms with Crippen molar-refractivity contribution in [2.45, 2.75) is 70.4 Å². The fraction of sp³-hybridized carbons (Fsp3) is 0.345. The molecule has 2 N–H and O–H groups in total. The Morgan fingerprint density at radius 1 is 0.917 bits per heavy atom. The summed E-state index contributed by atoms with van der Waals surface area (Å²) in [6.07, 6.45) is 2.51. The van der Waals surface area contributed by atoms with Crippen molar-refractivity contribution in [2.24, 2.45) is 0 Å². The molecule has 3 aromatic carbocycles. The number of nitrogens with one attached hydrogen (secondary N) is 2. The van der Waals surface area contributed by atoms with E-state index in [1.165, 1.54) is 11.1 Å². The van der Waals surface area contributed by atoms with Gasteiger partial charge in [-0.15, -0.1) is 0 Å². The summed E-state index contributed by atoms with van der Waals surface area (Å²) in [5.41, 5.74) is 7.55. The van der Waals surface area contributed by atoms with E-state index in [0.717, 1.165) is 46.4 Å². The standard InChI is InChI=1S/C29H32N2O3S2/c1-17-18(2)27(19(3)24-16-29(4,5)34-26(17)24)36(32,33)31-28(35)30-25-22-12-8-6-10-20(22)14-15-21-11-7-9-13-23(21)25/h6-13,25H,14-16H2,1-5H3,(H2,30,31,35). The second-order valence-corrected chi connectivity index (χ2v) is 12.5. The zero-order chi connectivity index (χ0) is 25.8. The van der Waals surface area contributed by atoms with Crippen LogP contribution in [0.25, 0.3) is 0 Å². The van der Waals surface area contributed by atoms with Crippen molar-refractivity contribution >= 4 is 27.4 Å². The Balaban J connectivity index is 1.49. The molecular formula is C29H32N2O3S2. The van der Waals surface area contributed by atoms with Crippen LogP contribution >= 0.6 is 12.2 Å². The van der Waals surface area contributed by atoms with E-state index in [0.29, 0.717) is 12.0 Å². The van der Waals surface area contributed by atoms with Gasteiger partial charge in [-0.25, -0.2) is 8.42 Å². The SMILES string of the molecule is Cc1c(C)c(S(=O)(=O)NC(=S)NC2c3ccccc3CCc3ccccc32)c(C)c2c1OC(C)(C)C2. The van der Waals surface area contributed by atoms with Crippen molar-refractivity contribution in [3.63, 3.8) is 0 Å². The van der Waals surface area contributed by atoms with Crippen LogP contribution in [0.5, 0.6) is 5.75 Å². The Morgan fingerprint density at radius 3 is 2.06 bits per heavy atom. The summed E-state index contributed by atoms with van der Waals surface area (Å²) in [7, 11) is -3.93. The maximum Gasteiger partial charge on any atom is 0.264 e. The molecule has 7 heteroatoms. The molecule has 0 bridgehead atoms. The number of rotatable bonds is 3. The van der Waals surface area contributed by atoms with Gasteiger partial charge in [-0.1, -0.05) is 48.5 Å². The minimum absolute atomic E-state index is 0.0834.